The Balaban J connectivity index is 1.92. The van der Waals surface area contributed by atoms with Crippen LogP contribution in [0, 0.1) is 5.82 Å². The van der Waals surface area contributed by atoms with Gasteiger partial charge in [0.05, 0.1) is 17.7 Å². The highest BCUT2D eigenvalue weighted by atomic mass is 32.1. The second-order valence-corrected chi connectivity index (χ2v) is 7.58. The van der Waals surface area contributed by atoms with Crippen LogP contribution in [-0.2, 0) is 20.9 Å². The van der Waals surface area contributed by atoms with Crippen LogP contribution in [0.4, 0.5) is 15.9 Å². The summed E-state index contributed by atoms with van der Waals surface area (Å²) in [6, 6.07) is 14.9. The van der Waals surface area contributed by atoms with Crippen LogP contribution in [-0.4, -0.2) is 23.6 Å². The summed E-state index contributed by atoms with van der Waals surface area (Å²) in [5.41, 5.74) is 1.34. The van der Waals surface area contributed by atoms with E-state index in [1.807, 2.05) is 30.3 Å². The fraction of sp³-hybridized carbons (Fsp3) is 0.190. The van der Waals surface area contributed by atoms with Crippen molar-refractivity contribution < 1.29 is 18.7 Å². The molecule has 29 heavy (non-hydrogen) atoms. The van der Waals surface area contributed by atoms with Crippen LogP contribution in [0.3, 0.4) is 0 Å². The standard InChI is InChI=1S/C21H17FN2O4S/c1-28-18(26)12-23-20-19(29-21(23)27)16(13-5-3-2-4-6-13)11-17(25)24(20)15-9-7-14(22)8-10-15/h2-10,16H,11-12H2,1H3/t16-/m0/s1. The van der Waals surface area contributed by atoms with Crippen molar-refractivity contribution in [3.63, 3.8) is 0 Å². The van der Waals surface area contributed by atoms with Crippen molar-refractivity contribution in [2.45, 2.75) is 18.9 Å². The Morgan fingerprint density at radius 1 is 1.14 bits per heavy atom. The zero-order chi connectivity index (χ0) is 20.5. The van der Waals surface area contributed by atoms with E-state index < -0.39 is 11.8 Å². The number of carbonyl (C=O) groups is 2. The molecule has 2 aromatic carbocycles. The Kier molecular flexibility index (Phi) is 5.02. The van der Waals surface area contributed by atoms with Gasteiger partial charge in [0.1, 0.15) is 18.2 Å². The topological polar surface area (TPSA) is 68.6 Å². The third-order valence-electron chi connectivity index (χ3n) is 4.85. The molecule has 1 amide bonds. The largest absolute Gasteiger partial charge is 0.468 e. The third kappa shape index (κ3) is 3.47. The Morgan fingerprint density at radius 2 is 1.83 bits per heavy atom. The number of fused-ring (bicyclic) bond motifs is 1. The van der Waals surface area contributed by atoms with Crippen molar-refractivity contribution in [1.29, 1.82) is 0 Å². The maximum atomic E-state index is 13.4. The fourth-order valence-electron chi connectivity index (χ4n) is 3.49. The molecule has 6 nitrogen and oxygen atoms in total. The zero-order valence-electron chi connectivity index (χ0n) is 15.5. The van der Waals surface area contributed by atoms with E-state index in [9.17, 15) is 18.8 Å². The van der Waals surface area contributed by atoms with Gasteiger partial charge in [0, 0.05) is 12.3 Å². The average molecular weight is 412 g/mol. The number of aromatic nitrogens is 1. The second kappa shape index (κ2) is 7.63. The van der Waals surface area contributed by atoms with Crippen LogP contribution in [0.1, 0.15) is 22.8 Å². The number of methoxy groups -OCH3 is 1. The Labute approximate surface area is 169 Å². The molecule has 0 saturated carbocycles. The van der Waals surface area contributed by atoms with Gasteiger partial charge in [-0.15, -0.1) is 0 Å². The molecule has 1 aromatic heterocycles. The highest BCUT2D eigenvalue weighted by molar-refractivity contribution is 7.10. The summed E-state index contributed by atoms with van der Waals surface area (Å²) in [7, 11) is 1.24. The van der Waals surface area contributed by atoms with E-state index in [2.05, 4.69) is 0 Å². The minimum absolute atomic E-state index is 0.159. The summed E-state index contributed by atoms with van der Waals surface area (Å²) in [5.74, 6) is -1.23. The number of thiazole rings is 1. The number of hydrogen-bond donors (Lipinski definition) is 0. The molecule has 0 unspecified atom stereocenters. The van der Waals surface area contributed by atoms with E-state index in [4.69, 9.17) is 4.74 Å². The Morgan fingerprint density at radius 3 is 2.48 bits per heavy atom. The number of esters is 1. The first-order valence-electron chi connectivity index (χ1n) is 8.93. The molecule has 0 spiro atoms. The van der Waals surface area contributed by atoms with Crippen molar-refractivity contribution in [3.8, 4) is 0 Å². The number of rotatable bonds is 4. The quantitative estimate of drug-likeness (QED) is 0.616. The predicted octanol–water partition coefficient (Wildman–Crippen LogP) is 3.42. The van der Waals surface area contributed by atoms with Crippen molar-refractivity contribution in [3.05, 3.63) is 80.5 Å². The summed E-state index contributed by atoms with van der Waals surface area (Å²) in [5, 5.41) is 0. The van der Waals surface area contributed by atoms with Gasteiger partial charge >= 0.3 is 10.8 Å². The first-order chi connectivity index (χ1) is 14.0. The number of nitrogens with zero attached hydrogens (tertiary/aromatic N) is 2. The summed E-state index contributed by atoms with van der Waals surface area (Å²) >= 11 is 1.01. The molecule has 1 atom stereocenters. The molecule has 148 valence electrons. The van der Waals surface area contributed by atoms with Gasteiger partial charge in [0.15, 0.2) is 0 Å². The number of carbonyl (C=O) groups excluding carboxylic acids is 2. The number of ether oxygens (including phenoxy) is 1. The summed E-state index contributed by atoms with van der Waals surface area (Å²) in [6.45, 7) is -0.312. The molecule has 1 aliphatic rings. The summed E-state index contributed by atoms with van der Waals surface area (Å²) in [6.07, 6.45) is 0.159. The van der Waals surface area contributed by atoms with Crippen LogP contribution >= 0.6 is 11.3 Å². The maximum absolute atomic E-state index is 13.4. The fourth-order valence-corrected chi connectivity index (χ4v) is 4.60. The van der Waals surface area contributed by atoms with Gasteiger partial charge in [-0.1, -0.05) is 41.7 Å². The summed E-state index contributed by atoms with van der Waals surface area (Å²) in [4.78, 5) is 39.5. The molecule has 3 aromatic rings. The SMILES string of the molecule is COC(=O)Cn1c2c(sc1=O)[C@H](c1ccccc1)CC(=O)N2c1ccc(F)cc1. The van der Waals surface area contributed by atoms with E-state index in [0.29, 0.717) is 16.4 Å². The zero-order valence-corrected chi connectivity index (χ0v) is 16.3. The van der Waals surface area contributed by atoms with E-state index in [1.54, 1.807) is 0 Å². The van der Waals surface area contributed by atoms with E-state index >= 15 is 0 Å². The van der Waals surface area contributed by atoms with Gasteiger partial charge in [0.25, 0.3) is 0 Å². The molecular formula is C21H17FN2O4S. The van der Waals surface area contributed by atoms with Crippen molar-refractivity contribution in [2.24, 2.45) is 0 Å². The highest BCUT2D eigenvalue weighted by Gasteiger charge is 2.38. The van der Waals surface area contributed by atoms with Gasteiger partial charge < -0.3 is 4.74 Å². The van der Waals surface area contributed by atoms with Crippen molar-refractivity contribution in [1.82, 2.24) is 4.57 Å². The van der Waals surface area contributed by atoms with Crippen LogP contribution in [0.2, 0.25) is 0 Å². The van der Waals surface area contributed by atoms with Gasteiger partial charge in [-0.3, -0.25) is 23.9 Å². The van der Waals surface area contributed by atoms with Gasteiger partial charge in [-0.25, -0.2) is 4.39 Å². The summed E-state index contributed by atoms with van der Waals surface area (Å²) < 4.78 is 19.4. The smallest absolute Gasteiger partial charge is 0.325 e. The van der Waals surface area contributed by atoms with Crippen LogP contribution in [0.15, 0.2) is 59.4 Å². The molecular weight excluding hydrogens is 395 g/mol. The number of amides is 1. The molecule has 0 fully saturated rings. The molecule has 1 aliphatic heterocycles. The Bertz CT molecular complexity index is 1120. The van der Waals surface area contributed by atoms with Gasteiger partial charge in [-0.2, -0.15) is 0 Å². The van der Waals surface area contributed by atoms with Crippen molar-refractivity contribution >= 4 is 34.7 Å². The molecule has 0 saturated heterocycles. The van der Waals surface area contributed by atoms with Crippen LogP contribution in [0.5, 0.6) is 0 Å². The minimum atomic E-state index is -0.596. The third-order valence-corrected chi connectivity index (χ3v) is 5.93. The van der Waals surface area contributed by atoms with E-state index in [-0.39, 0.29) is 29.7 Å². The van der Waals surface area contributed by atoms with Crippen LogP contribution in [0.25, 0.3) is 0 Å². The first-order valence-corrected chi connectivity index (χ1v) is 9.75. The highest BCUT2D eigenvalue weighted by Crippen LogP contribution is 2.44. The number of halogens is 1. The van der Waals surface area contributed by atoms with E-state index in [0.717, 1.165) is 16.9 Å². The lowest BCUT2D eigenvalue weighted by Gasteiger charge is -2.32. The molecule has 0 radical (unpaired) electrons. The molecule has 8 heteroatoms. The van der Waals surface area contributed by atoms with Gasteiger partial charge in [-0.05, 0) is 29.8 Å². The first kappa shape index (κ1) is 19.1. The predicted molar refractivity (Wildman–Crippen MR) is 107 cm³/mol. The second-order valence-electron chi connectivity index (χ2n) is 6.59. The normalized spacial score (nSPS) is 15.9. The molecule has 0 bridgehead atoms. The lowest BCUT2D eigenvalue weighted by Crippen LogP contribution is -2.36. The lowest BCUT2D eigenvalue weighted by atomic mass is 9.90. The monoisotopic (exact) mass is 412 g/mol. The molecule has 2 heterocycles. The number of benzene rings is 2. The molecule has 0 N–H and O–H groups in total. The molecule has 4 rings (SSSR count). The van der Waals surface area contributed by atoms with E-state index in [1.165, 1.54) is 40.8 Å². The number of anilines is 2. The average Bonchev–Trinajstić information content (AvgIpc) is 3.05. The van der Waals surface area contributed by atoms with Crippen molar-refractivity contribution in [2.75, 3.05) is 12.0 Å². The minimum Gasteiger partial charge on any atom is -0.468 e. The van der Waals surface area contributed by atoms with Gasteiger partial charge in [0.2, 0.25) is 5.91 Å². The maximum Gasteiger partial charge on any atom is 0.325 e. The number of hydrogen-bond acceptors (Lipinski definition) is 5. The van der Waals surface area contributed by atoms with Crippen LogP contribution < -0.4 is 9.77 Å². The Hall–Kier alpha value is -3.26. The molecule has 0 aliphatic carbocycles. The lowest BCUT2D eigenvalue weighted by molar-refractivity contribution is -0.141.